The van der Waals surface area contributed by atoms with Gasteiger partial charge in [0.15, 0.2) is 0 Å². The Balaban J connectivity index is 3.55. The van der Waals surface area contributed by atoms with Gasteiger partial charge < -0.3 is 5.11 Å². The lowest BCUT2D eigenvalue weighted by atomic mass is 10.2. The second-order valence-corrected chi connectivity index (χ2v) is 1.18. The normalized spacial score (nSPS) is 5.88. The Hall–Kier alpha value is -1.41. The van der Waals surface area contributed by atoms with Gasteiger partial charge in [-0.2, -0.15) is 5.26 Å². The molecule has 0 aromatic rings. The first-order valence-corrected chi connectivity index (χ1v) is 2.01. The highest BCUT2D eigenvalue weighted by molar-refractivity contribution is 5.21. The quantitative estimate of drug-likeness (QED) is 0.397. The second kappa shape index (κ2) is 3.77. The third kappa shape index (κ3) is 2.81. The lowest BCUT2D eigenvalue weighted by molar-refractivity contribution is 0.516. The number of rotatable bonds is 1. The molecular formula is C6H5NO. The van der Waals surface area contributed by atoms with Crippen molar-refractivity contribution >= 4 is 0 Å². The van der Waals surface area contributed by atoms with Crippen LogP contribution in [0.2, 0.25) is 0 Å². The molecule has 2 heteroatoms. The average Bonchev–Trinajstić information content (AvgIpc) is 1.83. The maximum Gasteiger partial charge on any atom is 0.107 e. The van der Waals surface area contributed by atoms with Crippen molar-refractivity contribution in [2.24, 2.45) is 0 Å². The van der Waals surface area contributed by atoms with Crippen LogP contribution in [0.15, 0.2) is 12.2 Å². The highest BCUT2D eigenvalue weighted by Gasteiger charge is 1.82. The molecule has 0 aliphatic rings. The van der Waals surface area contributed by atoms with E-state index in [-0.39, 0.29) is 6.42 Å². The van der Waals surface area contributed by atoms with E-state index in [1.54, 1.807) is 12.2 Å². The molecule has 0 aliphatic carbocycles. The molecule has 0 heterocycles. The third-order valence-electron chi connectivity index (χ3n) is 0.539. The van der Waals surface area contributed by atoms with Gasteiger partial charge in [0.2, 0.25) is 0 Å². The molecule has 40 valence electrons. The van der Waals surface area contributed by atoms with Crippen molar-refractivity contribution in [3.8, 4) is 18.1 Å². The van der Waals surface area contributed by atoms with E-state index in [1.807, 2.05) is 0 Å². The van der Waals surface area contributed by atoms with Gasteiger partial charge in [0, 0.05) is 12.0 Å². The number of nitrogens with zero attached hydrogens (tertiary/aromatic N) is 1. The fraction of sp³-hybridized carbons (Fsp3) is 0.167. The summed E-state index contributed by atoms with van der Waals surface area (Å²) in [6.07, 6.45) is 1.93. The van der Waals surface area contributed by atoms with Gasteiger partial charge in [-0.25, -0.2) is 0 Å². The molecule has 0 amide bonds. The lowest BCUT2D eigenvalue weighted by Gasteiger charge is -1.77. The number of aliphatic hydroxyl groups excluding tert-OH is 1. The van der Waals surface area contributed by atoms with Crippen molar-refractivity contribution in [2.45, 2.75) is 6.42 Å². The highest BCUT2D eigenvalue weighted by atomic mass is 16.2. The summed E-state index contributed by atoms with van der Waals surface area (Å²) in [7, 11) is 0. The van der Waals surface area contributed by atoms with Gasteiger partial charge >= 0.3 is 0 Å². The van der Waals surface area contributed by atoms with Crippen molar-refractivity contribution in [1.29, 1.82) is 5.26 Å². The van der Waals surface area contributed by atoms with Crippen LogP contribution in [0.3, 0.4) is 0 Å². The number of nitriles is 1. The molecule has 0 atom stereocenters. The van der Waals surface area contributed by atoms with Crippen LogP contribution in [-0.2, 0) is 0 Å². The molecule has 0 aromatic carbocycles. The molecule has 1 N–H and O–H groups in total. The van der Waals surface area contributed by atoms with Crippen LogP contribution in [0.1, 0.15) is 6.42 Å². The van der Waals surface area contributed by atoms with Crippen LogP contribution in [0.4, 0.5) is 0 Å². The first-order valence-electron chi connectivity index (χ1n) is 2.01. The summed E-state index contributed by atoms with van der Waals surface area (Å²) in [5.41, 5.74) is 0.367. The molecule has 0 saturated heterocycles. The van der Waals surface area contributed by atoms with E-state index in [4.69, 9.17) is 10.4 Å². The zero-order valence-electron chi connectivity index (χ0n) is 4.31. The summed E-state index contributed by atoms with van der Waals surface area (Å²) in [4.78, 5) is 0. The van der Waals surface area contributed by atoms with Crippen LogP contribution in [0, 0.1) is 23.4 Å². The summed E-state index contributed by atoms with van der Waals surface area (Å²) >= 11 is 0. The van der Waals surface area contributed by atoms with Crippen LogP contribution in [0.25, 0.3) is 0 Å². The second-order valence-electron chi connectivity index (χ2n) is 1.18. The van der Waals surface area contributed by atoms with E-state index in [2.05, 4.69) is 12.5 Å². The van der Waals surface area contributed by atoms with Crippen molar-refractivity contribution in [1.82, 2.24) is 0 Å². The summed E-state index contributed by atoms with van der Waals surface area (Å²) in [6, 6.07) is 1.79. The summed E-state index contributed by atoms with van der Waals surface area (Å²) in [5.74, 6) is 2.28. The first-order chi connectivity index (χ1) is 3.81. The Kier molecular flexibility index (Phi) is 3.10. The van der Waals surface area contributed by atoms with Crippen molar-refractivity contribution in [2.75, 3.05) is 0 Å². The minimum atomic E-state index is 0.257. The molecule has 2 nitrogen and oxygen atoms in total. The van der Waals surface area contributed by atoms with E-state index in [9.17, 15) is 0 Å². The molecule has 0 spiro atoms. The smallest absolute Gasteiger partial charge is 0.107 e. The Labute approximate surface area is 48.1 Å². The number of hydrogen-bond donors (Lipinski definition) is 1. The van der Waals surface area contributed by atoms with Gasteiger partial charge in [-0.15, -0.1) is 0 Å². The van der Waals surface area contributed by atoms with Crippen LogP contribution < -0.4 is 0 Å². The Morgan fingerprint density at radius 3 is 2.75 bits per heavy atom. The molecule has 0 radical (unpaired) electrons. The average molecular weight is 107 g/mol. The van der Waals surface area contributed by atoms with E-state index in [0.29, 0.717) is 5.57 Å². The zero-order chi connectivity index (χ0) is 6.41. The molecule has 0 aliphatic heterocycles. The van der Waals surface area contributed by atoms with Gasteiger partial charge in [-0.1, -0.05) is 12.5 Å². The molecule has 0 unspecified atom stereocenters. The molecular weight excluding hydrogens is 102 g/mol. The summed E-state index contributed by atoms with van der Waals surface area (Å²) < 4.78 is 0. The van der Waals surface area contributed by atoms with Gasteiger partial charge in [0.25, 0.3) is 0 Å². The standard InChI is InChI=1S/C6H5NO/c1-6(5-7)3-2-4-8/h8H,1,3H2. The SMILES string of the molecule is C=C(C#N)CC#CO. The molecule has 0 fully saturated rings. The lowest BCUT2D eigenvalue weighted by Crippen LogP contribution is -1.69. The first kappa shape index (κ1) is 6.59. The maximum absolute atomic E-state index is 8.06. The Morgan fingerprint density at radius 1 is 1.75 bits per heavy atom. The predicted octanol–water partition coefficient (Wildman–Crippen LogP) is 0.790. The largest absolute Gasteiger partial charge is 0.462 e. The molecule has 0 bridgehead atoms. The fourth-order valence-corrected chi connectivity index (χ4v) is 0.186. The van der Waals surface area contributed by atoms with Gasteiger partial charge in [-0.3, -0.25) is 0 Å². The van der Waals surface area contributed by atoms with Crippen LogP contribution in [0.5, 0.6) is 0 Å². The van der Waals surface area contributed by atoms with Gasteiger partial charge in [0.05, 0.1) is 6.07 Å². The van der Waals surface area contributed by atoms with Crippen LogP contribution >= 0.6 is 0 Å². The molecule has 0 aromatic heterocycles. The molecule has 0 rings (SSSR count). The van der Waals surface area contributed by atoms with Gasteiger partial charge in [-0.05, 0) is 0 Å². The minimum absolute atomic E-state index is 0.257. The summed E-state index contributed by atoms with van der Waals surface area (Å²) in [6.45, 7) is 3.34. The Bertz CT molecular complexity index is 177. The minimum Gasteiger partial charge on any atom is -0.462 e. The topological polar surface area (TPSA) is 44.0 Å². The van der Waals surface area contributed by atoms with E-state index in [1.165, 1.54) is 0 Å². The van der Waals surface area contributed by atoms with E-state index in [0.717, 1.165) is 0 Å². The van der Waals surface area contributed by atoms with E-state index < -0.39 is 0 Å². The third-order valence-corrected chi connectivity index (χ3v) is 0.539. The number of aliphatic hydroxyl groups is 1. The van der Waals surface area contributed by atoms with Crippen molar-refractivity contribution in [3.63, 3.8) is 0 Å². The van der Waals surface area contributed by atoms with Crippen LogP contribution in [-0.4, -0.2) is 5.11 Å². The summed E-state index contributed by atoms with van der Waals surface area (Å²) in [5, 5.41) is 16.0. The number of hydrogen-bond acceptors (Lipinski definition) is 2. The molecule has 8 heavy (non-hydrogen) atoms. The zero-order valence-corrected chi connectivity index (χ0v) is 4.31. The Morgan fingerprint density at radius 2 is 2.38 bits per heavy atom. The predicted molar refractivity (Wildman–Crippen MR) is 29.1 cm³/mol. The highest BCUT2D eigenvalue weighted by Crippen LogP contribution is 1.90. The van der Waals surface area contributed by atoms with Crippen molar-refractivity contribution in [3.05, 3.63) is 12.2 Å². The maximum atomic E-state index is 8.06. The van der Waals surface area contributed by atoms with Gasteiger partial charge in [0.1, 0.15) is 6.11 Å². The fourth-order valence-electron chi connectivity index (χ4n) is 0.186. The van der Waals surface area contributed by atoms with E-state index >= 15 is 0 Å². The molecule has 0 saturated carbocycles. The van der Waals surface area contributed by atoms with Crippen molar-refractivity contribution < 1.29 is 5.11 Å². The number of allylic oxidation sites excluding steroid dienone is 1. The monoisotopic (exact) mass is 107 g/mol.